The summed E-state index contributed by atoms with van der Waals surface area (Å²) < 4.78 is 163. The molecule has 1 aliphatic rings. The third kappa shape index (κ3) is 1.84. The molecule has 0 amide bonds. The number of halogens is 12. The summed E-state index contributed by atoms with van der Waals surface area (Å²) in [5.74, 6) is -23.2. The fourth-order valence-electron chi connectivity index (χ4n) is 2.71. The molecule has 0 bridgehead atoms. The molecule has 2 aromatic rings. The maximum atomic E-state index is 14.4. The Morgan fingerprint density at radius 3 is 1.50 bits per heavy atom. The summed E-state index contributed by atoms with van der Waals surface area (Å²) in [5, 5.41) is -4.36. The molecule has 1 atom stereocenters. The number of hydrogen-bond donors (Lipinski definition) is 0. The number of benzene rings is 2. The monoisotopic (exact) mass is 396 g/mol. The highest BCUT2D eigenvalue weighted by molar-refractivity contribution is 6.00. The van der Waals surface area contributed by atoms with Crippen LogP contribution < -0.4 is 0 Å². The van der Waals surface area contributed by atoms with Gasteiger partial charge in [-0.1, -0.05) is 0 Å². The molecule has 3 rings (SSSR count). The summed E-state index contributed by atoms with van der Waals surface area (Å²) >= 11 is 0. The predicted octanol–water partition coefficient (Wildman–Crippen LogP) is 6.02. The van der Waals surface area contributed by atoms with Gasteiger partial charge < -0.3 is 0 Å². The van der Waals surface area contributed by atoms with Crippen molar-refractivity contribution in [3.8, 4) is 0 Å². The van der Waals surface area contributed by atoms with Gasteiger partial charge in [-0.05, 0) is 0 Å². The van der Waals surface area contributed by atoms with Crippen molar-refractivity contribution in [2.24, 2.45) is 0 Å². The maximum Gasteiger partial charge on any atom is 0.433 e. The Hall–Kier alpha value is -2.40. The summed E-state index contributed by atoms with van der Waals surface area (Å²) in [4.78, 5) is 0. The molecule has 0 radical (unpaired) electrons. The van der Waals surface area contributed by atoms with Crippen LogP contribution in [0.15, 0.2) is 5.83 Å². The molecule has 0 aromatic heterocycles. The first-order valence-electron chi connectivity index (χ1n) is 6.27. The Kier molecular flexibility index (Phi) is 3.59. The normalized spacial score (nSPS) is 20.3. The summed E-state index contributed by atoms with van der Waals surface area (Å²) in [6.45, 7) is 0. The minimum atomic E-state index is -6.49. The van der Waals surface area contributed by atoms with E-state index in [-0.39, 0.29) is 0 Å². The van der Waals surface area contributed by atoms with E-state index >= 15 is 0 Å². The predicted molar refractivity (Wildman–Crippen MR) is 61.7 cm³/mol. The van der Waals surface area contributed by atoms with Crippen molar-refractivity contribution in [3.63, 3.8) is 0 Å². The lowest BCUT2D eigenvalue weighted by molar-refractivity contribution is -0.227. The van der Waals surface area contributed by atoms with Crippen molar-refractivity contribution in [2.45, 2.75) is 11.8 Å². The summed E-state index contributed by atoms with van der Waals surface area (Å²) in [6.07, 6.45) is -6.49. The Morgan fingerprint density at radius 1 is 0.577 bits per heavy atom. The van der Waals surface area contributed by atoms with Crippen LogP contribution in [0.25, 0.3) is 16.6 Å². The van der Waals surface area contributed by atoms with Gasteiger partial charge in [0, 0.05) is 5.39 Å². The van der Waals surface area contributed by atoms with E-state index in [1.165, 1.54) is 0 Å². The molecule has 26 heavy (non-hydrogen) atoms. The maximum absolute atomic E-state index is 14.4. The highest BCUT2D eigenvalue weighted by atomic mass is 19.4. The number of hydrogen-bond acceptors (Lipinski definition) is 0. The van der Waals surface area contributed by atoms with E-state index in [2.05, 4.69) is 0 Å². The average molecular weight is 396 g/mol. The van der Waals surface area contributed by atoms with Crippen molar-refractivity contribution in [3.05, 3.63) is 51.9 Å². The van der Waals surface area contributed by atoms with E-state index < -0.39 is 80.3 Å². The van der Waals surface area contributed by atoms with Crippen molar-refractivity contribution in [1.82, 2.24) is 0 Å². The van der Waals surface area contributed by atoms with E-state index in [0.717, 1.165) is 0 Å². The summed E-state index contributed by atoms with van der Waals surface area (Å²) in [5.41, 5.74) is -10.7. The van der Waals surface area contributed by atoms with Gasteiger partial charge in [-0.15, -0.1) is 0 Å². The van der Waals surface area contributed by atoms with Gasteiger partial charge in [-0.3, -0.25) is 0 Å². The zero-order valence-corrected chi connectivity index (χ0v) is 11.5. The van der Waals surface area contributed by atoms with E-state index in [9.17, 15) is 52.7 Å². The number of alkyl halides is 4. The number of allylic oxidation sites excluding steroid dienone is 1. The van der Waals surface area contributed by atoms with Crippen LogP contribution in [-0.2, 0) is 5.67 Å². The SMILES string of the molecule is FC1=C(F)C(F)(C(F)(F)F)c2c(F)c(F)c(F)c3c(F)c(F)c(F)c1c23. The van der Waals surface area contributed by atoms with Gasteiger partial charge in [-0.25, -0.2) is 39.5 Å². The van der Waals surface area contributed by atoms with Crippen molar-refractivity contribution in [1.29, 1.82) is 0 Å². The summed E-state index contributed by atoms with van der Waals surface area (Å²) in [6, 6.07) is 0. The molecular weight excluding hydrogens is 396 g/mol. The van der Waals surface area contributed by atoms with Crippen LogP contribution in [0, 0.1) is 34.9 Å². The largest absolute Gasteiger partial charge is 0.433 e. The molecule has 0 nitrogen and oxygen atoms in total. The first kappa shape index (κ1) is 18.4. The molecule has 2 aromatic carbocycles. The molecule has 1 unspecified atom stereocenters. The zero-order chi connectivity index (χ0) is 19.9. The van der Waals surface area contributed by atoms with Gasteiger partial charge >= 0.3 is 6.18 Å². The van der Waals surface area contributed by atoms with Crippen LogP contribution in [0.5, 0.6) is 0 Å². The fraction of sp³-hybridized carbons (Fsp3) is 0.143. The topological polar surface area (TPSA) is 0 Å². The van der Waals surface area contributed by atoms with Gasteiger partial charge in [0.1, 0.15) is 0 Å². The molecule has 0 saturated carbocycles. The molecule has 0 N–H and O–H groups in total. The highest BCUT2D eigenvalue weighted by Gasteiger charge is 2.66. The summed E-state index contributed by atoms with van der Waals surface area (Å²) in [7, 11) is 0. The molecule has 0 heterocycles. The second kappa shape index (κ2) is 5.07. The first-order valence-corrected chi connectivity index (χ1v) is 6.27. The van der Waals surface area contributed by atoms with Crippen LogP contribution in [0.4, 0.5) is 52.7 Å². The lowest BCUT2D eigenvalue weighted by Gasteiger charge is -2.32. The van der Waals surface area contributed by atoms with Gasteiger partial charge in [0.15, 0.2) is 46.6 Å². The molecule has 0 saturated heterocycles. The van der Waals surface area contributed by atoms with Crippen LogP contribution in [-0.4, -0.2) is 6.18 Å². The standard InChI is InChI=1S/C14F12/c15-5-2-1-3(7(17)10(5)20)8(18)12(22)13(23,14(24,25)26)4(1)9(19)11(21)6(2)16. The van der Waals surface area contributed by atoms with E-state index in [0.29, 0.717) is 0 Å². The molecule has 140 valence electrons. The van der Waals surface area contributed by atoms with Crippen molar-refractivity contribution >= 4 is 16.6 Å². The second-order valence-corrected chi connectivity index (χ2v) is 5.17. The molecule has 12 heteroatoms. The lowest BCUT2D eigenvalue weighted by Crippen LogP contribution is -2.42. The quantitative estimate of drug-likeness (QED) is 0.377. The molecule has 0 fully saturated rings. The lowest BCUT2D eigenvalue weighted by atomic mass is 9.80. The Labute approximate surface area is 134 Å². The molecule has 0 aliphatic heterocycles. The molecule has 1 aliphatic carbocycles. The minimum Gasteiger partial charge on any atom is -0.220 e. The Balaban J connectivity index is 2.79. The molecular formula is C14F12. The third-order valence-corrected chi connectivity index (χ3v) is 3.85. The first-order chi connectivity index (χ1) is 11.8. The molecule has 0 spiro atoms. The highest BCUT2D eigenvalue weighted by Crippen LogP contribution is 2.58. The fourth-order valence-corrected chi connectivity index (χ4v) is 2.71. The zero-order valence-electron chi connectivity index (χ0n) is 11.5. The smallest absolute Gasteiger partial charge is 0.220 e. The van der Waals surface area contributed by atoms with Crippen LogP contribution in [0.2, 0.25) is 0 Å². The van der Waals surface area contributed by atoms with Gasteiger partial charge in [0.05, 0.1) is 16.5 Å². The van der Waals surface area contributed by atoms with Crippen LogP contribution in [0.3, 0.4) is 0 Å². The van der Waals surface area contributed by atoms with Gasteiger partial charge in [0.25, 0.3) is 5.67 Å². The Morgan fingerprint density at radius 2 is 1.04 bits per heavy atom. The van der Waals surface area contributed by atoms with E-state index in [1.807, 2.05) is 0 Å². The van der Waals surface area contributed by atoms with Crippen LogP contribution in [0.1, 0.15) is 11.1 Å². The van der Waals surface area contributed by atoms with Gasteiger partial charge in [-0.2, -0.15) is 13.2 Å². The van der Waals surface area contributed by atoms with Gasteiger partial charge in [0.2, 0.25) is 0 Å². The third-order valence-electron chi connectivity index (χ3n) is 3.85. The van der Waals surface area contributed by atoms with E-state index in [4.69, 9.17) is 0 Å². The van der Waals surface area contributed by atoms with Crippen LogP contribution >= 0.6 is 0 Å². The number of rotatable bonds is 0. The Bertz CT molecular complexity index is 1010. The van der Waals surface area contributed by atoms with Crippen molar-refractivity contribution in [2.75, 3.05) is 0 Å². The van der Waals surface area contributed by atoms with E-state index in [1.54, 1.807) is 0 Å². The van der Waals surface area contributed by atoms with Crippen molar-refractivity contribution < 1.29 is 52.7 Å². The second-order valence-electron chi connectivity index (χ2n) is 5.17. The minimum absolute atomic E-state index is 2.16. The average Bonchev–Trinajstić information content (AvgIpc) is 2.54.